The molecule has 1 aliphatic rings. The molecule has 0 spiro atoms. The van der Waals surface area contributed by atoms with Crippen LogP contribution in [0.3, 0.4) is 0 Å². The van der Waals surface area contributed by atoms with Crippen LogP contribution in [0.5, 0.6) is 0 Å². The summed E-state index contributed by atoms with van der Waals surface area (Å²) in [6, 6.07) is 1.86. The monoisotopic (exact) mass is 206 g/mol. The van der Waals surface area contributed by atoms with Gasteiger partial charge in [0.05, 0.1) is 0 Å². The lowest BCUT2D eigenvalue weighted by Crippen LogP contribution is -2.35. The molecule has 1 aliphatic heterocycles. The van der Waals surface area contributed by atoms with Crippen molar-refractivity contribution in [3.05, 3.63) is 18.5 Å². The largest absolute Gasteiger partial charge is 0.341 e. The van der Waals surface area contributed by atoms with Crippen molar-refractivity contribution < 1.29 is 0 Å². The predicted molar refractivity (Wildman–Crippen MR) is 61.0 cm³/mol. The molecule has 15 heavy (non-hydrogen) atoms. The average molecular weight is 206 g/mol. The lowest BCUT2D eigenvalue weighted by atomic mass is 10.2. The fourth-order valence-electron chi connectivity index (χ4n) is 1.94. The Bertz CT molecular complexity index is 278. The first-order valence-electron chi connectivity index (χ1n) is 5.57. The fraction of sp³-hybridized carbons (Fsp3) is 0.636. The van der Waals surface area contributed by atoms with E-state index in [0.717, 1.165) is 19.0 Å². The molecular formula is C11H18N4. The van der Waals surface area contributed by atoms with E-state index < -0.39 is 0 Å². The Labute approximate surface area is 90.9 Å². The first-order chi connectivity index (χ1) is 7.36. The van der Waals surface area contributed by atoms with E-state index >= 15 is 0 Å². The molecule has 1 aromatic rings. The van der Waals surface area contributed by atoms with Crippen molar-refractivity contribution >= 4 is 5.95 Å². The third kappa shape index (κ3) is 2.89. The van der Waals surface area contributed by atoms with Gasteiger partial charge in [-0.2, -0.15) is 0 Å². The van der Waals surface area contributed by atoms with Crippen molar-refractivity contribution in [3.63, 3.8) is 0 Å². The zero-order chi connectivity index (χ0) is 10.5. The highest BCUT2D eigenvalue weighted by Crippen LogP contribution is 2.09. The molecule has 0 radical (unpaired) electrons. The minimum Gasteiger partial charge on any atom is -0.341 e. The van der Waals surface area contributed by atoms with E-state index in [2.05, 4.69) is 26.8 Å². The van der Waals surface area contributed by atoms with E-state index in [1.165, 1.54) is 25.9 Å². The van der Waals surface area contributed by atoms with Crippen LogP contribution in [0.4, 0.5) is 5.95 Å². The number of anilines is 1. The second-order valence-electron chi connectivity index (χ2n) is 4.05. The van der Waals surface area contributed by atoms with Crippen molar-refractivity contribution in [3.8, 4) is 0 Å². The summed E-state index contributed by atoms with van der Waals surface area (Å²) in [6.07, 6.45) is 6.00. The van der Waals surface area contributed by atoms with Gasteiger partial charge in [0.25, 0.3) is 0 Å². The van der Waals surface area contributed by atoms with Gasteiger partial charge in [-0.05, 0) is 39.0 Å². The van der Waals surface area contributed by atoms with Crippen molar-refractivity contribution in [1.29, 1.82) is 0 Å². The van der Waals surface area contributed by atoms with E-state index in [9.17, 15) is 0 Å². The summed E-state index contributed by atoms with van der Waals surface area (Å²) in [5, 5.41) is 0. The molecule has 2 heterocycles. The molecule has 2 rings (SSSR count). The van der Waals surface area contributed by atoms with Crippen LogP contribution in [-0.2, 0) is 0 Å². The van der Waals surface area contributed by atoms with E-state index in [4.69, 9.17) is 0 Å². The van der Waals surface area contributed by atoms with Crippen molar-refractivity contribution in [2.45, 2.75) is 12.8 Å². The highest BCUT2D eigenvalue weighted by atomic mass is 15.3. The number of rotatable bonds is 1. The number of nitrogens with zero attached hydrogens (tertiary/aromatic N) is 4. The molecule has 0 amide bonds. The van der Waals surface area contributed by atoms with Crippen LogP contribution in [0, 0.1) is 0 Å². The Morgan fingerprint density at radius 1 is 1.00 bits per heavy atom. The third-order valence-electron chi connectivity index (χ3n) is 2.77. The Morgan fingerprint density at radius 3 is 2.20 bits per heavy atom. The normalized spacial score (nSPS) is 19.7. The highest BCUT2D eigenvalue weighted by Gasteiger charge is 2.12. The highest BCUT2D eigenvalue weighted by molar-refractivity contribution is 5.27. The van der Waals surface area contributed by atoms with Gasteiger partial charge in [0.2, 0.25) is 5.95 Å². The molecule has 0 N–H and O–H groups in total. The molecule has 82 valence electrons. The maximum atomic E-state index is 4.29. The maximum absolute atomic E-state index is 4.29. The smallest absolute Gasteiger partial charge is 0.225 e. The van der Waals surface area contributed by atoms with E-state index in [0.29, 0.717) is 0 Å². The second kappa shape index (κ2) is 5.07. The molecule has 1 fully saturated rings. The number of aromatic nitrogens is 2. The summed E-state index contributed by atoms with van der Waals surface area (Å²) < 4.78 is 0. The van der Waals surface area contributed by atoms with Crippen LogP contribution in [-0.4, -0.2) is 48.1 Å². The Morgan fingerprint density at radius 2 is 1.60 bits per heavy atom. The van der Waals surface area contributed by atoms with E-state index in [1.54, 1.807) is 0 Å². The summed E-state index contributed by atoms with van der Waals surface area (Å²) in [5.41, 5.74) is 0. The molecule has 1 aromatic heterocycles. The van der Waals surface area contributed by atoms with Gasteiger partial charge in [-0.25, -0.2) is 9.97 Å². The first-order valence-corrected chi connectivity index (χ1v) is 5.57. The summed E-state index contributed by atoms with van der Waals surface area (Å²) in [6.45, 7) is 4.47. The third-order valence-corrected chi connectivity index (χ3v) is 2.77. The van der Waals surface area contributed by atoms with Crippen LogP contribution in [0.15, 0.2) is 18.5 Å². The molecule has 0 aromatic carbocycles. The quantitative estimate of drug-likeness (QED) is 0.686. The van der Waals surface area contributed by atoms with Gasteiger partial charge in [0.15, 0.2) is 0 Å². The molecular weight excluding hydrogens is 188 g/mol. The number of hydrogen-bond donors (Lipinski definition) is 0. The molecule has 0 saturated carbocycles. The first kappa shape index (κ1) is 10.4. The topological polar surface area (TPSA) is 32.3 Å². The van der Waals surface area contributed by atoms with Gasteiger partial charge in [-0.15, -0.1) is 0 Å². The van der Waals surface area contributed by atoms with Crippen molar-refractivity contribution in [2.75, 3.05) is 38.1 Å². The van der Waals surface area contributed by atoms with Crippen molar-refractivity contribution in [2.24, 2.45) is 0 Å². The fourth-order valence-corrected chi connectivity index (χ4v) is 1.94. The van der Waals surface area contributed by atoms with Crippen molar-refractivity contribution in [1.82, 2.24) is 14.9 Å². The number of hydrogen-bond acceptors (Lipinski definition) is 4. The van der Waals surface area contributed by atoms with Gasteiger partial charge in [0, 0.05) is 25.5 Å². The lowest BCUT2D eigenvalue weighted by molar-refractivity contribution is 0.313. The molecule has 1 saturated heterocycles. The minimum atomic E-state index is 0.877. The molecule has 4 heteroatoms. The molecule has 0 aliphatic carbocycles. The summed E-state index contributed by atoms with van der Waals surface area (Å²) >= 11 is 0. The standard InChI is InChI=1S/C11H18N4/c1-14-7-3-9-15(10-4-8-14)11-12-5-2-6-13-11/h2,5-6H,3-4,7-10H2,1H3. The average Bonchev–Trinajstić information content (AvgIpc) is 2.24. The zero-order valence-corrected chi connectivity index (χ0v) is 9.26. The van der Waals surface area contributed by atoms with E-state index in [-0.39, 0.29) is 0 Å². The Balaban J connectivity index is 1.98. The molecule has 0 atom stereocenters. The van der Waals surface area contributed by atoms with Gasteiger partial charge < -0.3 is 9.80 Å². The van der Waals surface area contributed by atoms with Crippen LogP contribution >= 0.6 is 0 Å². The predicted octanol–water partition coefficient (Wildman–Crippen LogP) is 1.01. The molecule has 0 bridgehead atoms. The lowest BCUT2D eigenvalue weighted by Gasteiger charge is -2.28. The molecule has 0 unspecified atom stereocenters. The van der Waals surface area contributed by atoms with Crippen LogP contribution < -0.4 is 4.90 Å². The zero-order valence-electron chi connectivity index (χ0n) is 9.26. The molecule has 4 nitrogen and oxygen atoms in total. The van der Waals surface area contributed by atoms with Gasteiger partial charge in [-0.3, -0.25) is 0 Å². The van der Waals surface area contributed by atoms with Crippen LogP contribution in [0.1, 0.15) is 12.8 Å². The van der Waals surface area contributed by atoms with Gasteiger partial charge >= 0.3 is 0 Å². The summed E-state index contributed by atoms with van der Waals surface area (Å²) in [4.78, 5) is 13.3. The second-order valence-corrected chi connectivity index (χ2v) is 4.05. The van der Waals surface area contributed by atoms with Crippen LogP contribution in [0.2, 0.25) is 0 Å². The Kier molecular flexibility index (Phi) is 3.50. The minimum absolute atomic E-state index is 0.877. The Hall–Kier alpha value is -1.16. The van der Waals surface area contributed by atoms with Crippen LogP contribution in [0.25, 0.3) is 0 Å². The van der Waals surface area contributed by atoms with E-state index in [1.807, 2.05) is 18.5 Å². The SMILES string of the molecule is CN1CCCN(c2ncccn2)CCC1. The summed E-state index contributed by atoms with van der Waals surface area (Å²) in [5.74, 6) is 0.877. The van der Waals surface area contributed by atoms with Gasteiger partial charge in [0.1, 0.15) is 0 Å². The summed E-state index contributed by atoms with van der Waals surface area (Å²) in [7, 11) is 2.19. The maximum Gasteiger partial charge on any atom is 0.225 e. The van der Waals surface area contributed by atoms with Gasteiger partial charge in [-0.1, -0.05) is 0 Å².